The first-order valence-electron chi connectivity index (χ1n) is 10.0. The number of aryl methyl sites for hydroxylation is 1. The largest absolute Gasteiger partial charge is 0.366 e. The molecule has 0 fully saturated rings. The molecular weight excluding hydrogens is 446 g/mol. The van der Waals surface area contributed by atoms with Crippen molar-refractivity contribution in [2.45, 2.75) is 18.6 Å². The minimum absolute atomic E-state index is 0.0234. The number of hydrogen-bond acceptors (Lipinski definition) is 6. The zero-order valence-electron chi connectivity index (χ0n) is 17.8. The number of nitrogens with zero attached hydrogens (tertiary/aromatic N) is 3. The zero-order chi connectivity index (χ0) is 23.9. The third kappa shape index (κ3) is 4.15. The van der Waals surface area contributed by atoms with Crippen LogP contribution in [0.4, 0.5) is 0 Å². The highest BCUT2D eigenvalue weighted by Gasteiger charge is 2.29. The molecule has 170 valence electrons. The standard InChI is InChI=1S/C22H21N5O5S/c1-3-19(33(30,31)32)15-5-4-12(21(23)29)6-16(15)20(28)18-10-25-22-17(18)7-13(8-24-22)14-9-26-27(2)11-14/h4-11,19H,3H2,1-2H3,(H2,23,29)(H,24,25)(H,30,31,32). The third-order valence-corrected chi connectivity index (χ3v) is 6.78. The van der Waals surface area contributed by atoms with Crippen LogP contribution in [0.2, 0.25) is 0 Å². The molecule has 0 radical (unpaired) electrons. The van der Waals surface area contributed by atoms with Crippen LogP contribution in [0.15, 0.2) is 49.1 Å². The number of fused-ring (bicyclic) bond motifs is 1. The minimum atomic E-state index is -4.51. The molecule has 1 unspecified atom stereocenters. The number of ketones is 1. The van der Waals surface area contributed by atoms with Gasteiger partial charge in [-0.25, -0.2) is 4.98 Å². The molecule has 4 aromatic rings. The fourth-order valence-corrected chi connectivity index (χ4v) is 4.79. The highest BCUT2D eigenvalue weighted by molar-refractivity contribution is 7.86. The van der Waals surface area contributed by atoms with Crippen molar-refractivity contribution in [3.63, 3.8) is 0 Å². The molecule has 33 heavy (non-hydrogen) atoms. The van der Waals surface area contributed by atoms with E-state index in [-0.39, 0.29) is 28.7 Å². The van der Waals surface area contributed by atoms with E-state index < -0.39 is 27.1 Å². The summed E-state index contributed by atoms with van der Waals surface area (Å²) in [6.45, 7) is 1.57. The summed E-state index contributed by atoms with van der Waals surface area (Å²) in [5.41, 5.74) is 7.70. The maximum Gasteiger partial charge on any atom is 0.272 e. The second-order valence-corrected chi connectivity index (χ2v) is 9.23. The van der Waals surface area contributed by atoms with Crippen molar-refractivity contribution in [3.8, 4) is 11.1 Å². The SMILES string of the molecule is CCC(c1ccc(C(N)=O)cc1C(=O)c1c[nH]c2ncc(-c3cnn(C)c3)cc12)S(=O)(=O)O. The lowest BCUT2D eigenvalue weighted by atomic mass is 9.93. The van der Waals surface area contributed by atoms with E-state index in [4.69, 9.17) is 5.73 Å². The Morgan fingerprint density at radius 1 is 1.18 bits per heavy atom. The normalized spacial score (nSPS) is 12.7. The number of carbonyl (C=O) groups excluding carboxylic acids is 2. The number of rotatable bonds is 7. The number of pyridine rings is 1. The van der Waals surface area contributed by atoms with Gasteiger partial charge in [0.05, 0.1) is 6.20 Å². The summed E-state index contributed by atoms with van der Waals surface area (Å²) in [7, 11) is -2.72. The Kier molecular flexibility index (Phi) is 5.60. The van der Waals surface area contributed by atoms with Crippen LogP contribution in [0.5, 0.6) is 0 Å². The Morgan fingerprint density at radius 2 is 1.94 bits per heavy atom. The summed E-state index contributed by atoms with van der Waals surface area (Å²) in [4.78, 5) is 32.7. The van der Waals surface area contributed by atoms with Crippen molar-refractivity contribution >= 4 is 32.8 Å². The van der Waals surface area contributed by atoms with Crippen LogP contribution in [0.1, 0.15) is 50.4 Å². The summed E-state index contributed by atoms with van der Waals surface area (Å²) < 4.78 is 35.3. The highest BCUT2D eigenvalue weighted by atomic mass is 32.2. The van der Waals surface area contributed by atoms with E-state index in [0.717, 1.165) is 11.1 Å². The lowest BCUT2D eigenvalue weighted by Crippen LogP contribution is -2.18. The van der Waals surface area contributed by atoms with E-state index in [1.165, 1.54) is 24.4 Å². The molecule has 0 saturated heterocycles. The quantitative estimate of drug-likeness (QED) is 0.278. The third-order valence-electron chi connectivity index (χ3n) is 5.47. The monoisotopic (exact) mass is 467 g/mol. The second kappa shape index (κ2) is 8.26. The molecule has 0 aliphatic carbocycles. The van der Waals surface area contributed by atoms with E-state index in [0.29, 0.717) is 11.0 Å². The second-order valence-electron chi connectivity index (χ2n) is 7.63. The van der Waals surface area contributed by atoms with Gasteiger partial charge in [0.2, 0.25) is 5.91 Å². The van der Waals surface area contributed by atoms with Gasteiger partial charge in [0, 0.05) is 58.8 Å². The van der Waals surface area contributed by atoms with E-state index in [1.807, 2.05) is 6.20 Å². The van der Waals surface area contributed by atoms with Crippen molar-refractivity contribution in [1.82, 2.24) is 19.7 Å². The van der Waals surface area contributed by atoms with Gasteiger partial charge in [0.1, 0.15) is 10.9 Å². The molecule has 4 rings (SSSR count). The van der Waals surface area contributed by atoms with Crippen LogP contribution in [0.3, 0.4) is 0 Å². The predicted octanol–water partition coefficient (Wildman–Crippen LogP) is 2.63. The summed E-state index contributed by atoms with van der Waals surface area (Å²) in [6.07, 6.45) is 6.62. The number of amides is 1. The Morgan fingerprint density at radius 3 is 2.55 bits per heavy atom. The first-order chi connectivity index (χ1) is 15.6. The lowest BCUT2D eigenvalue weighted by Gasteiger charge is -2.16. The average Bonchev–Trinajstić information content (AvgIpc) is 3.38. The first kappa shape index (κ1) is 22.4. The van der Waals surface area contributed by atoms with Gasteiger partial charge in [-0.05, 0) is 30.2 Å². The summed E-state index contributed by atoms with van der Waals surface area (Å²) in [5.74, 6) is -1.30. The Bertz CT molecular complexity index is 1500. The van der Waals surface area contributed by atoms with Crippen LogP contribution in [0, 0.1) is 0 Å². The number of aromatic amines is 1. The van der Waals surface area contributed by atoms with Crippen LogP contribution >= 0.6 is 0 Å². The van der Waals surface area contributed by atoms with Crippen molar-refractivity contribution in [2.75, 3.05) is 0 Å². The van der Waals surface area contributed by atoms with Gasteiger partial charge >= 0.3 is 0 Å². The smallest absolute Gasteiger partial charge is 0.272 e. The summed E-state index contributed by atoms with van der Waals surface area (Å²) in [6, 6.07) is 5.70. The van der Waals surface area contributed by atoms with Crippen molar-refractivity contribution in [3.05, 3.63) is 71.3 Å². The molecule has 0 aliphatic rings. The molecule has 0 aliphatic heterocycles. The van der Waals surface area contributed by atoms with E-state index >= 15 is 0 Å². The molecule has 3 aromatic heterocycles. The maximum absolute atomic E-state index is 13.6. The predicted molar refractivity (Wildman–Crippen MR) is 121 cm³/mol. The van der Waals surface area contributed by atoms with Gasteiger partial charge in [-0.1, -0.05) is 13.0 Å². The molecule has 1 aromatic carbocycles. The molecule has 0 saturated carbocycles. The highest BCUT2D eigenvalue weighted by Crippen LogP contribution is 2.32. The van der Waals surface area contributed by atoms with Gasteiger partial charge in [-0.3, -0.25) is 18.8 Å². The molecule has 10 nitrogen and oxygen atoms in total. The van der Waals surface area contributed by atoms with Gasteiger partial charge in [-0.15, -0.1) is 0 Å². The lowest BCUT2D eigenvalue weighted by molar-refractivity contribution is 0.1000. The Hall–Kier alpha value is -3.83. The van der Waals surface area contributed by atoms with Crippen LogP contribution in [-0.2, 0) is 17.2 Å². The summed E-state index contributed by atoms with van der Waals surface area (Å²) >= 11 is 0. The topological polar surface area (TPSA) is 161 Å². The number of nitrogens with two attached hydrogens (primary N) is 1. The fraction of sp³-hybridized carbons (Fsp3) is 0.182. The molecule has 0 spiro atoms. The number of primary amides is 1. The van der Waals surface area contributed by atoms with Gasteiger partial charge in [0.25, 0.3) is 10.1 Å². The van der Waals surface area contributed by atoms with E-state index in [2.05, 4.69) is 15.1 Å². The number of aromatic nitrogens is 4. The van der Waals surface area contributed by atoms with Crippen molar-refractivity contribution in [2.24, 2.45) is 12.8 Å². The van der Waals surface area contributed by atoms with Crippen LogP contribution in [-0.4, -0.2) is 44.4 Å². The fourth-order valence-electron chi connectivity index (χ4n) is 3.84. The summed E-state index contributed by atoms with van der Waals surface area (Å²) in [5, 5.41) is 3.32. The number of H-pyrrole nitrogens is 1. The van der Waals surface area contributed by atoms with Crippen LogP contribution in [0.25, 0.3) is 22.2 Å². The van der Waals surface area contributed by atoms with Gasteiger partial charge < -0.3 is 10.7 Å². The zero-order valence-corrected chi connectivity index (χ0v) is 18.6. The Labute approximate surface area is 189 Å². The number of nitrogens with one attached hydrogen (secondary N) is 1. The first-order valence-corrected chi connectivity index (χ1v) is 11.5. The molecule has 11 heteroatoms. The van der Waals surface area contributed by atoms with Crippen LogP contribution < -0.4 is 5.73 Å². The van der Waals surface area contributed by atoms with Crippen molar-refractivity contribution in [1.29, 1.82) is 0 Å². The van der Waals surface area contributed by atoms with E-state index in [9.17, 15) is 22.6 Å². The van der Waals surface area contributed by atoms with Gasteiger partial charge in [0.15, 0.2) is 5.78 Å². The number of hydrogen-bond donors (Lipinski definition) is 3. The molecule has 4 N–H and O–H groups in total. The molecular formula is C22H21N5O5S. The minimum Gasteiger partial charge on any atom is -0.366 e. The van der Waals surface area contributed by atoms with Crippen molar-refractivity contribution < 1.29 is 22.6 Å². The Balaban J connectivity index is 1.90. The van der Waals surface area contributed by atoms with Gasteiger partial charge in [-0.2, -0.15) is 13.5 Å². The molecule has 1 atom stereocenters. The number of benzene rings is 1. The molecule has 0 bridgehead atoms. The molecule has 3 heterocycles. The maximum atomic E-state index is 13.6. The number of carbonyl (C=O) groups is 2. The molecule has 1 amide bonds. The average molecular weight is 468 g/mol. The van der Waals surface area contributed by atoms with E-state index in [1.54, 1.807) is 37.1 Å².